The Morgan fingerprint density at radius 2 is 1.71 bits per heavy atom. The SMILES string of the molecule is COc1cc(Cl)c(C)cc1NC(C)c1ccccc1OC. The van der Waals surface area contributed by atoms with Crippen molar-refractivity contribution in [3.8, 4) is 11.5 Å². The molecule has 0 radical (unpaired) electrons. The smallest absolute Gasteiger partial charge is 0.143 e. The molecule has 0 saturated heterocycles. The lowest BCUT2D eigenvalue weighted by atomic mass is 10.1. The minimum Gasteiger partial charge on any atom is -0.496 e. The first kappa shape index (κ1) is 15.5. The molecule has 0 fully saturated rings. The van der Waals surface area contributed by atoms with Crippen LogP contribution in [0.25, 0.3) is 0 Å². The van der Waals surface area contributed by atoms with Gasteiger partial charge in [0.25, 0.3) is 0 Å². The van der Waals surface area contributed by atoms with Gasteiger partial charge in [-0.15, -0.1) is 0 Å². The van der Waals surface area contributed by atoms with Crippen molar-refractivity contribution in [1.29, 1.82) is 0 Å². The van der Waals surface area contributed by atoms with Crippen LogP contribution >= 0.6 is 11.6 Å². The molecule has 3 nitrogen and oxygen atoms in total. The van der Waals surface area contributed by atoms with E-state index in [2.05, 4.69) is 12.2 Å². The van der Waals surface area contributed by atoms with Gasteiger partial charge >= 0.3 is 0 Å². The van der Waals surface area contributed by atoms with E-state index >= 15 is 0 Å². The molecule has 0 aliphatic heterocycles. The molecule has 1 atom stereocenters. The zero-order valence-corrected chi connectivity index (χ0v) is 13.5. The molecule has 2 rings (SSSR count). The highest BCUT2D eigenvalue weighted by atomic mass is 35.5. The molecule has 0 bridgehead atoms. The molecule has 0 heterocycles. The lowest BCUT2D eigenvalue weighted by molar-refractivity contribution is 0.407. The van der Waals surface area contributed by atoms with E-state index in [0.29, 0.717) is 5.02 Å². The number of aryl methyl sites for hydroxylation is 1. The van der Waals surface area contributed by atoms with Crippen molar-refractivity contribution in [2.75, 3.05) is 19.5 Å². The number of rotatable bonds is 5. The van der Waals surface area contributed by atoms with Gasteiger partial charge in [-0.1, -0.05) is 29.8 Å². The average Bonchev–Trinajstić information content (AvgIpc) is 2.50. The predicted molar refractivity (Wildman–Crippen MR) is 87.8 cm³/mol. The molecule has 2 aromatic rings. The van der Waals surface area contributed by atoms with Gasteiger partial charge in [-0.25, -0.2) is 0 Å². The second-order valence-corrected chi connectivity index (χ2v) is 5.32. The van der Waals surface area contributed by atoms with Crippen LogP contribution in [0.2, 0.25) is 5.02 Å². The third-order valence-corrected chi connectivity index (χ3v) is 3.87. The predicted octanol–water partition coefficient (Wildman–Crippen LogP) is 4.84. The minimum absolute atomic E-state index is 0.0793. The number of anilines is 1. The third-order valence-electron chi connectivity index (χ3n) is 3.46. The van der Waals surface area contributed by atoms with Crippen molar-refractivity contribution in [3.63, 3.8) is 0 Å². The van der Waals surface area contributed by atoms with E-state index in [0.717, 1.165) is 28.3 Å². The van der Waals surface area contributed by atoms with Gasteiger partial charge in [0.05, 0.1) is 25.9 Å². The Morgan fingerprint density at radius 1 is 1.05 bits per heavy atom. The van der Waals surface area contributed by atoms with Crippen LogP contribution in [0.1, 0.15) is 24.1 Å². The summed E-state index contributed by atoms with van der Waals surface area (Å²) in [6.07, 6.45) is 0. The summed E-state index contributed by atoms with van der Waals surface area (Å²) in [6, 6.07) is 11.9. The summed E-state index contributed by atoms with van der Waals surface area (Å²) in [4.78, 5) is 0. The van der Waals surface area contributed by atoms with E-state index in [9.17, 15) is 0 Å². The van der Waals surface area contributed by atoms with E-state index < -0.39 is 0 Å². The molecule has 112 valence electrons. The van der Waals surface area contributed by atoms with Gasteiger partial charge in [-0.2, -0.15) is 0 Å². The van der Waals surface area contributed by atoms with Gasteiger partial charge in [0.15, 0.2) is 0 Å². The van der Waals surface area contributed by atoms with Crippen LogP contribution in [-0.4, -0.2) is 14.2 Å². The van der Waals surface area contributed by atoms with Crippen molar-refractivity contribution in [3.05, 3.63) is 52.5 Å². The Balaban J connectivity index is 2.31. The summed E-state index contributed by atoms with van der Waals surface area (Å²) in [7, 11) is 3.32. The fraction of sp³-hybridized carbons (Fsp3) is 0.294. The molecule has 0 saturated carbocycles. The summed E-state index contributed by atoms with van der Waals surface area (Å²) in [5, 5.41) is 4.15. The highest BCUT2D eigenvalue weighted by molar-refractivity contribution is 6.31. The lowest BCUT2D eigenvalue weighted by Gasteiger charge is -2.20. The van der Waals surface area contributed by atoms with Gasteiger partial charge in [0, 0.05) is 16.7 Å². The van der Waals surface area contributed by atoms with E-state index in [-0.39, 0.29) is 6.04 Å². The monoisotopic (exact) mass is 305 g/mol. The molecule has 2 aromatic carbocycles. The standard InChI is InChI=1S/C17H20ClNO2/c1-11-9-15(17(21-4)10-14(11)18)19-12(2)13-7-5-6-8-16(13)20-3/h5-10,12,19H,1-4H3. The van der Waals surface area contributed by atoms with Gasteiger partial charge in [-0.05, 0) is 31.5 Å². The quantitative estimate of drug-likeness (QED) is 0.857. The van der Waals surface area contributed by atoms with Crippen LogP contribution < -0.4 is 14.8 Å². The van der Waals surface area contributed by atoms with Crippen LogP contribution in [0.5, 0.6) is 11.5 Å². The van der Waals surface area contributed by atoms with Crippen molar-refractivity contribution in [2.24, 2.45) is 0 Å². The molecule has 1 N–H and O–H groups in total. The molecular formula is C17H20ClNO2. The molecule has 0 aliphatic rings. The Labute approximate surface area is 130 Å². The first-order chi connectivity index (χ1) is 10.1. The van der Waals surface area contributed by atoms with Gasteiger partial charge in [0.2, 0.25) is 0 Å². The maximum atomic E-state index is 6.14. The molecule has 1 unspecified atom stereocenters. The molecule has 0 spiro atoms. The van der Waals surface area contributed by atoms with Gasteiger partial charge in [0.1, 0.15) is 11.5 Å². The summed E-state index contributed by atoms with van der Waals surface area (Å²) in [6.45, 7) is 4.06. The van der Waals surface area contributed by atoms with E-state index in [1.165, 1.54) is 0 Å². The number of methoxy groups -OCH3 is 2. The Hall–Kier alpha value is -1.87. The second-order valence-electron chi connectivity index (χ2n) is 4.91. The largest absolute Gasteiger partial charge is 0.496 e. The van der Waals surface area contributed by atoms with Crippen LogP contribution in [0.3, 0.4) is 0 Å². The third kappa shape index (κ3) is 3.42. The zero-order chi connectivity index (χ0) is 15.4. The van der Waals surface area contributed by atoms with Crippen molar-refractivity contribution in [1.82, 2.24) is 0 Å². The minimum atomic E-state index is 0.0793. The Bertz CT molecular complexity index is 628. The summed E-state index contributed by atoms with van der Waals surface area (Å²) in [5.41, 5.74) is 3.01. The number of nitrogens with one attached hydrogen (secondary N) is 1. The number of hydrogen-bond donors (Lipinski definition) is 1. The van der Waals surface area contributed by atoms with Crippen LogP contribution in [0, 0.1) is 6.92 Å². The number of para-hydroxylation sites is 1. The maximum absolute atomic E-state index is 6.14. The lowest BCUT2D eigenvalue weighted by Crippen LogP contribution is -2.09. The summed E-state index contributed by atoms with van der Waals surface area (Å²) in [5.74, 6) is 1.59. The normalized spacial score (nSPS) is 11.9. The first-order valence-electron chi connectivity index (χ1n) is 6.80. The van der Waals surface area contributed by atoms with Gasteiger partial charge < -0.3 is 14.8 Å². The van der Waals surface area contributed by atoms with Crippen LogP contribution in [0.15, 0.2) is 36.4 Å². The number of benzene rings is 2. The number of ether oxygens (including phenoxy) is 2. The van der Waals surface area contributed by atoms with Crippen molar-refractivity contribution >= 4 is 17.3 Å². The van der Waals surface area contributed by atoms with E-state index in [4.69, 9.17) is 21.1 Å². The van der Waals surface area contributed by atoms with Crippen LogP contribution in [0.4, 0.5) is 5.69 Å². The molecule has 21 heavy (non-hydrogen) atoms. The Kier molecular flexibility index (Phi) is 4.97. The van der Waals surface area contributed by atoms with E-state index in [1.54, 1.807) is 14.2 Å². The molecule has 0 amide bonds. The fourth-order valence-corrected chi connectivity index (χ4v) is 2.43. The average molecular weight is 306 g/mol. The number of halogens is 1. The zero-order valence-electron chi connectivity index (χ0n) is 12.7. The molecule has 0 aliphatic carbocycles. The summed E-state index contributed by atoms with van der Waals surface area (Å²) >= 11 is 6.14. The molecule has 0 aromatic heterocycles. The molecule has 4 heteroatoms. The highest BCUT2D eigenvalue weighted by Crippen LogP contribution is 2.34. The van der Waals surface area contributed by atoms with Gasteiger partial charge in [-0.3, -0.25) is 0 Å². The number of hydrogen-bond acceptors (Lipinski definition) is 3. The fourth-order valence-electron chi connectivity index (χ4n) is 2.28. The van der Waals surface area contributed by atoms with E-state index in [1.807, 2.05) is 43.3 Å². The van der Waals surface area contributed by atoms with Crippen LogP contribution in [-0.2, 0) is 0 Å². The molecular weight excluding hydrogens is 286 g/mol. The summed E-state index contributed by atoms with van der Waals surface area (Å²) < 4.78 is 10.8. The topological polar surface area (TPSA) is 30.5 Å². The maximum Gasteiger partial charge on any atom is 0.143 e. The van der Waals surface area contributed by atoms with Crippen molar-refractivity contribution < 1.29 is 9.47 Å². The first-order valence-corrected chi connectivity index (χ1v) is 7.18. The second kappa shape index (κ2) is 6.72. The Morgan fingerprint density at radius 3 is 2.38 bits per heavy atom. The van der Waals surface area contributed by atoms with Crippen molar-refractivity contribution in [2.45, 2.75) is 19.9 Å². The highest BCUT2D eigenvalue weighted by Gasteiger charge is 2.14.